The Morgan fingerprint density at radius 3 is 2.36 bits per heavy atom. The van der Waals surface area contributed by atoms with Crippen LogP contribution in [0.3, 0.4) is 0 Å². The highest BCUT2D eigenvalue weighted by atomic mass is 79.9. The Kier molecular flexibility index (Phi) is 2.90. The Bertz CT molecular complexity index is 434. The van der Waals surface area contributed by atoms with Gasteiger partial charge in [-0.1, -0.05) is 51.8 Å². The van der Waals surface area contributed by atoms with Crippen LogP contribution in [0.4, 0.5) is 0 Å². The summed E-state index contributed by atoms with van der Waals surface area (Å²) in [6, 6.07) is 16.8. The molecule has 1 radical (unpaired) electrons. The van der Waals surface area contributed by atoms with Crippen LogP contribution in [-0.4, -0.2) is 0 Å². The molecule has 2 aromatic carbocycles. The molecule has 2 aromatic rings. The molecule has 2 rings (SSSR count). The van der Waals surface area contributed by atoms with Crippen molar-refractivity contribution in [1.29, 1.82) is 0 Å². The van der Waals surface area contributed by atoms with Gasteiger partial charge in [-0.15, -0.1) is 0 Å². The van der Waals surface area contributed by atoms with Crippen molar-refractivity contribution in [3.63, 3.8) is 0 Å². The van der Waals surface area contributed by atoms with Crippen LogP contribution >= 0.6 is 27.5 Å². The molecule has 0 aliphatic rings. The third-order valence-corrected chi connectivity index (χ3v) is 2.65. The van der Waals surface area contributed by atoms with E-state index in [4.69, 9.17) is 11.6 Å². The molecule has 0 heterocycles. The predicted octanol–water partition coefficient (Wildman–Crippen LogP) is 4.57. The first-order chi connectivity index (χ1) is 6.75. The van der Waals surface area contributed by atoms with Crippen LogP contribution in [0, 0.1) is 6.07 Å². The number of hydrogen-bond donors (Lipinski definition) is 0. The number of halogens is 2. The zero-order chi connectivity index (χ0) is 9.97. The van der Waals surface area contributed by atoms with Crippen molar-refractivity contribution in [3.8, 4) is 11.1 Å². The Balaban J connectivity index is 2.44. The van der Waals surface area contributed by atoms with E-state index >= 15 is 0 Å². The maximum Gasteiger partial charge on any atom is 0.0406 e. The van der Waals surface area contributed by atoms with Crippen molar-refractivity contribution in [1.82, 2.24) is 0 Å². The maximum atomic E-state index is 5.81. The van der Waals surface area contributed by atoms with Gasteiger partial charge in [0.25, 0.3) is 0 Å². The van der Waals surface area contributed by atoms with Crippen LogP contribution in [0.2, 0.25) is 5.02 Å². The Morgan fingerprint density at radius 2 is 1.71 bits per heavy atom. The number of rotatable bonds is 1. The first-order valence-electron chi connectivity index (χ1n) is 4.19. The second-order valence-corrected chi connectivity index (χ2v) is 4.22. The van der Waals surface area contributed by atoms with Crippen LogP contribution in [0.25, 0.3) is 11.1 Å². The molecule has 0 saturated carbocycles. The van der Waals surface area contributed by atoms with Gasteiger partial charge in [0.1, 0.15) is 0 Å². The molecule has 0 fully saturated rings. The lowest BCUT2D eigenvalue weighted by molar-refractivity contribution is 1.58. The second-order valence-electron chi connectivity index (χ2n) is 2.93. The molecular formula is C12H7BrCl. The predicted molar refractivity (Wildman–Crippen MR) is 63.4 cm³/mol. The molecule has 0 N–H and O–H groups in total. The van der Waals surface area contributed by atoms with E-state index in [2.05, 4.69) is 22.0 Å². The zero-order valence-corrected chi connectivity index (χ0v) is 9.64. The zero-order valence-electron chi connectivity index (χ0n) is 7.30. The molecule has 0 aliphatic heterocycles. The molecule has 0 nitrogen and oxygen atoms in total. The molecule has 0 aliphatic carbocycles. The molecule has 0 saturated heterocycles. The van der Waals surface area contributed by atoms with Gasteiger partial charge in [-0.3, -0.25) is 0 Å². The van der Waals surface area contributed by atoms with Crippen molar-refractivity contribution < 1.29 is 0 Å². The third-order valence-electron chi connectivity index (χ3n) is 1.94. The Labute approximate surface area is 96.7 Å². The van der Waals surface area contributed by atoms with Gasteiger partial charge in [-0.05, 0) is 35.4 Å². The minimum absolute atomic E-state index is 0.760. The van der Waals surface area contributed by atoms with Crippen LogP contribution in [0.5, 0.6) is 0 Å². The normalized spacial score (nSPS) is 10.1. The SMILES string of the molecule is Clc1ccc(-c2cc[c]c(Br)c2)cc1. The van der Waals surface area contributed by atoms with Crippen molar-refractivity contribution in [2.24, 2.45) is 0 Å². The summed E-state index contributed by atoms with van der Waals surface area (Å²) in [7, 11) is 0. The summed E-state index contributed by atoms with van der Waals surface area (Å²) >= 11 is 9.21. The van der Waals surface area contributed by atoms with E-state index in [9.17, 15) is 0 Å². The van der Waals surface area contributed by atoms with E-state index in [1.165, 1.54) is 0 Å². The van der Waals surface area contributed by atoms with Gasteiger partial charge in [0.05, 0.1) is 0 Å². The standard InChI is InChI=1S/C12H7BrCl/c13-11-3-1-2-10(8-11)9-4-6-12(14)7-5-9/h1-2,4-8H. The molecule has 0 amide bonds. The molecule has 14 heavy (non-hydrogen) atoms. The minimum atomic E-state index is 0.760. The molecule has 0 aromatic heterocycles. The van der Waals surface area contributed by atoms with Crippen molar-refractivity contribution in [2.75, 3.05) is 0 Å². The highest BCUT2D eigenvalue weighted by Crippen LogP contribution is 2.23. The van der Waals surface area contributed by atoms with E-state index in [0.29, 0.717) is 0 Å². The van der Waals surface area contributed by atoms with Gasteiger partial charge < -0.3 is 0 Å². The fourth-order valence-electron chi connectivity index (χ4n) is 1.26. The first-order valence-corrected chi connectivity index (χ1v) is 5.36. The van der Waals surface area contributed by atoms with E-state index in [0.717, 1.165) is 20.6 Å². The fourth-order valence-corrected chi connectivity index (χ4v) is 1.76. The van der Waals surface area contributed by atoms with Gasteiger partial charge >= 0.3 is 0 Å². The van der Waals surface area contributed by atoms with Gasteiger partial charge in [-0.2, -0.15) is 0 Å². The van der Waals surface area contributed by atoms with Crippen molar-refractivity contribution in [3.05, 3.63) is 58.0 Å². The lowest BCUT2D eigenvalue weighted by Gasteiger charge is -2.01. The number of hydrogen-bond acceptors (Lipinski definition) is 0. The summed E-state index contributed by atoms with van der Waals surface area (Å²) in [6.45, 7) is 0. The first kappa shape index (κ1) is 9.75. The summed E-state index contributed by atoms with van der Waals surface area (Å²) in [5.41, 5.74) is 2.32. The van der Waals surface area contributed by atoms with Crippen LogP contribution < -0.4 is 0 Å². The number of benzene rings is 2. The van der Waals surface area contributed by atoms with Crippen LogP contribution in [0.1, 0.15) is 0 Å². The highest BCUT2D eigenvalue weighted by molar-refractivity contribution is 9.10. The molecule has 0 unspecified atom stereocenters. The monoisotopic (exact) mass is 265 g/mol. The van der Waals surface area contributed by atoms with E-state index in [1.54, 1.807) is 0 Å². The summed E-state index contributed by atoms with van der Waals surface area (Å²) < 4.78 is 0.963. The average molecular weight is 267 g/mol. The lowest BCUT2D eigenvalue weighted by Crippen LogP contribution is -1.76. The smallest absolute Gasteiger partial charge is 0.0406 e. The van der Waals surface area contributed by atoms with Crippen LogP contribution in [-0.2, 0) is 0 Å². The third kappa shape index (κ3) is 2.17. The largest absolute Gasteiger partial charge is 0.0843 e. The van der Waals surface area contributed by atoms with Gasteiger partial charge in [0.15, 0.2) is 0 Å². The maximum absolute atomic E-state index is 5.81. The molecule has 0 bridgehead atoms. The molecular weight excluding hydrogens is 259 g/mol. The quantitative estimate of drug-likeness (QED) is 0.709. The molecule has 0 atom stereocenters. The Morgan fingerprint density at radius 1 is 1.00 bits per heavy atom. The molecule has 69 valence electrons. The van der Waals surface area contributed by atoms with Crippen molar-refractivity contribution >= 4 is 27.5 Å². The lowest BCUT2D eigenvalue weighted by atomic mass is 10.1. The summed E-state index contributed by atoms with van der Waals surface area (Å²) in [5, 5.41) is 0.760. The van der Waals surface area contributed by atoms with E-state index in [1.807, 2.05) is 42.5 Å². The van der Waals surface area contributed by atoms with Crippen LogP contribution in [0.15, 0.2) is 46.9 Å². The summed E-state index contributed by atoms with van der Waals surface area (Å²) in [6.07, 6.45) is 0. The van der Waals surface area contributed by atoms with E-state index in [-0.39, 0.29) is 0 Å². The average Bonchev–Trinajstić information content (AvgIpc) is 2.19. The van der Waals surface area contributed by atoms with Gasteiger partial charge in [0.2, 0.25) is 0 Å². The van der Waals surface area contributed by atoms with Gasteiger partial charge in [0, 0.05) is 9.50 Å². The van der Waals surface area contributed by atoms with Crippen molar-refractivity contribution in [2.45, 2.75) is 0 Å². The fraction of sp³-hybridized carbons (Fsp3) is 0. The van der Waals surface area contributed by atoms with E-state index < -0.39 is 0 Å². The minimum Gasteiger partial charge on any atom is -0.0843 e. The Hall–Kier alpha value is -0.790. The van der Waals surface area contributed by atoms with Gasteiger partial charge in [-0.25, -0.2) is 0 Å². The molecule has 2 heteroatoms. The highest BCUT2D eigenvalue weighted by Gasteiger charge is 1.97. The summed E-state index contributed by atoms with van der Waals surface area (Å²) in [4.78, 5) is 0. The summed E-state index contributed by atoms with van der Waals surface area (Å²) in [5.74, 6) is 0. The second kappa shape index (κ2) is 4.16. The molecule has 0 spiro atoms. The topological polar surface area (TPSA) is 0 Å².